The van der Waals surface area contributed by atoms with E-state index < -0.39 is 0 Å². The number of rotatable bonds is 0. The Labute approximate surface area is 62.5 Å². The second kappa shape index (κ2) is 2.42. The summed E-state index contributed by atoms with van der Waals surface area (Å²) in [5.41, 5.74) is 1.08. The Morgan fingerprint density at radius 2 is 2.11 bits per heavy atom. The Bertz CT molecular complexity index is 200. The van der Waals surface area contributed by atoms with Crippen molar-refractivity contribution >= 4 is 20.5 Å². The van der Waals surface area contributed by atoms with Crippen LogP contribution in [0.5, 0.6) is 5.75 Å². The molecule has 0 spiro atoms. The van der Waals surface area contributed by atoms with Gasteiger partial charge in [-0.25, -0.2) is 0 Å². The SMILES string of the molecule is Cc1cccc(O)c1[Se]. The summed E-state index contributed by atoms with van der Waals surface area (Å²) in [5, 5.41) is 9.07. The molecular weight excluding hydrogens is 179 g/mol. The quantitative estimate of drug-likeness (QED) is 0.585. The second-order valence-corrected chi connectivity index (χ2v) is 2.78. The van der Waals surface area contributed by atoms with Crippen LogP contribution in [-0.2, 0) is 0 Å². The van der Waals surface area contributed by atoms with E-state index in [-0.39, 0.29) is 0 Å². The molecule has 1 N–H and O–H groups in total. The number of hydrogen-bond acceptors (Lipinski definition) is 1. The van der Waals surface area contributed by atoms with E-state index in [0.717, 1.165) is 10.0 Å². The molecule has 0 atom stereocenters. The van der Waals surface area contributed by atoms with Crippen molar-refractivity contribution in [2.75, 3.05) is 0 Å². The first-order valence-corrected chi connectivity index (χ1v) is 3.53. The van der Waals surface area contributed by atoms with Gasteiger partial charge in [0.2, 0.25) is 0 Å². The molecule has 1 radical (unpaired) electrons. The summed E-state index contributed by atoms with van der Waals surface area (Å²) in [5.74, 6) is 0.329. The summed E-state index contributed by atoms with van der Waals surface area (Å²) < 4.78 is 0.845. The van der Waals surface area contributed by atoms with Gasteiger partial charge in [0, 0.05) is 0 Å². The van der Waals surface area contributed by atoms with Gasteiger partial charge >= 0.3 is 62.0 Å². The minimum atomic E-state index is 0.329. The summed E-state index contributed by atoms with van der Waals surface area (Å²) in [6, 6.07) is 5.44. The Kier molecular flexibility index (Phi) is 1.79. The zero-order chi connectivity index (χ0) is 6.85. The van der Waals surface area contributed by atoms with Crippen molar-refractivity contribution < 1.29 is 5.11 Å². The molecule has 0 aliphatic rings. The van der Waals surface area contributed by atoms with Gasteiger partial charge in [0.1, 0.15) is 0 Å². The molecule has 0 fully saturated rings. The van der Waals surface area contributed by atoms with Crippen molar-refractivity contribution in [1.82, 2.24) is 0 Å². The van der Waals surface area contributed by atoms with Crippen LogP contribution in [0, 0.1) is 6.92 Å². The predicted octanol–water partition coefficient (Wildman–Crippen LogP) is 0.494. The van der Waals surface area contributed by atoms with Gasteiger partial charge in [-0.2, -0.15) is 0 Å². The number of phenolic OH excluding ortho intramolecular Hbond substituents is 1. The molecule has 1 aromatic carbocycles. The monoisotopic (exact) mass is 187 g/mol. The number of benzene rings is 1. The maximum atomic E-state index is 9.07. The Morgan fingerprint density at radius 3 is 2.56 bits per heavy atom. The summed E-state index contributed by atoms with van der Waals surface area (Å²) in [6.45, 7) is 1.95. The van der Waals surface area contributed by atoms with E-state index in [1.165, 1.54) is 0 Å². The molecule has 9 heavy (non-hydrogen) atoms. The number of aromatic hydroxyl groups is 1. The molecule has 0 amide bonds. The Morgan fingerprint density at radius 1 is 1.44 bits per heavy atom. The van der Waals surface area contributed by atoms with Gasteiger partial charge in [-0.05, 0) is 0 Å². The molecule has 0 unspecified atom stereocenters. The van der Waals surface area contributed by atoms with Crippen LogP contribution in [0.2, 0.25) is 0 Å². The minimum absolute atomic E-state index is 0.329. The molecule has 2 heteroatoms. The molecule has 1 aromatic rings. The number of aryl methyl sites for hydroxylation is 1. The van der Waals surface area contributed by atoms with Gasteiger partial charge in [0.15, 0.2) is 0 Å². The summed E-state index contributed by atoms with van der Waals surface area (Å²) in [6.07, 6.45) is 0. The van der Waals surface area contributed by atoms with Crippen LogP contribution in [-0.4, -0.2) is 21.1 Å². The van der Waals surface area contributed by atoms with Gasteiger partial charge in [-0.1, -0.05) is 0 Å². The van der Waals surface area contributed by atoms with Crippen LogP contribution in [0.4, 0.5) is 0 Å². The molecule has 0 saturated carbocycles. The van der Waals surface area contributed by atoms with E-state index >= 15 is 0 Å². The zero-order valence-electron chi connectivity index (χ0n) is 5.09. The van der Waals surface area contributed by atoms with Gasteiger partial charge in [-0.15, -0.1) is 0 Å². The van der Waals surface area contributed by atoms with Crippen molar-refractivity contribution in [1.29, 1.82) is 0 Å². The zero-order valence-corrected chi connectivity index (χ0v) is 6.80. The van der Waals surface area contributed by atoms with E-state index in [4.69, 9.17) is 5.11 Å². The molecule has 1 rings (SSSR count). The molecule has 1 nitrogen and oxygen atoms in total. The Hall–Kier alpha value is -0.461. The van der Waals surface area contributed by atoms with E-state index in [0.29, 0.717) is 5.75 Å². The average molecular weight is 186 g/mol. The molecule has 0 heterocycles. The molecule has 0 bridgehead atoms. The van der Waals surface area contributed by atoms with Crippen LogP contribution in [0.25, 0.3) is 0 Å². The molecule has 0 aliphatic carbocycles. The third-order valence-electron chi connectivity index (χ3n) is 1.19. The first-order chi connectivity index (χ1) is 4.22. The fourth-order valence-electron chi connectivity index (χ4n) is 0.637. The first-order valence-electron chi connectivity index (χ1n) is 2.67. The molecule has 0 aliphatic heterocycles. The molecule has 0 aromatic heterocycles. The van der Waals surface area contributed by atoms with Crippen molar-refractivity contribution in [2.24, 2.45) is 0 Å². The van der Waals surface area contributed by atoms with Crippen molar-refractivity contribution in [2.45, 2.75) is 6.92 Å². The van der Waals surface area contributed by atoms with E-state index in [2.05, 4.69) is 16.0 Å². The topological polar surface area (TPSA) is 20.2 Å². The van der Waals surface area contributed by atoms with E-state index in [9.17, 15) is 0 Å². The van der Waals surface area contributed by atoms with Gasteiger partial charge in [0.25, 0.3) is 0 Å². The van der Waals surface area contributed by atoms with Crippen LogP contribution in [0.3, 0.4) is 0 Å². The van der Waals surface area contributed by atoms with Crippen molar-refractivity contribution in [3.8, 4) is 5.75 Å². The van der Waals surface area contributed by atoms with Crippen LogP contribution in [0.1, 0.15) is 5.56 Å². The van der Waals surface area contributed by atoms with Gasteiger partial charge in [0.05, 0.1) is 0 Å². The molecular formula is C7H7OSe. The van der Waals surface area contributed by atoms with Gasteiger partial charge < -0.3 is 0 Å². The van der Waals surface area contributed by atoms with Crippen molar-refractivity contribution in [3.63, 3.8) is 0 Å². The maximum absolute atomic E-state index is 9.07. The second-order valence-electron chi connectivity index (χ2n) is 1.92. The van der Waals surface area contributed by atoms with Crippen LogP contribution in [0.15, 0.2) is 18.2 Å². The third kappa shape index (κ3) is 1.26. The van der Waals surface area contributed by atoms with E-state index in [1.54, 1.807) is 6.07 Å². The molecule has 47 valence electrons. The van der Waals surface area contributed by atoms with E-state index in [1.807, 2.05) is 19.1 Å². The summed E-state index contributed by atoms with van der Waals surface area (Å²) in [4.78, 5) is 0. The number of phenols is 1. The summed E-state index contributed by atoms with van der Waals surface area (Å²) in [7, 11) is 0. The van der Waals surface area contributed by atoms with Crippen molar-refractivity contribution in [3.05, 3.63) is 23.8 Å². The standard InChI is InChI=1S/C7H7OSe/c1-5-3-2-4-6(8)7(5)9/h2-4,8H,1H3. The number of hydrogen-bond donors (Lipinski definition) is 1. The van der Waals surface area contributed by atoms with Crippen LogP contribution < -0.4 is 4.46 Å². The summed E-state index contributed by atoms with van der Waals surface area (Å²) >= 11 is 2.79. The fraction of sp³-hybridized carbons (Fsp3) is 0.143. The normalized spacial score (nSPS) is 9.44. The van der Waals surface area contributed by atoms with Crippen LogP contribution >= 0.6 is 0 Å². The fourth-order valence-corrected chi connectivity index (χ4v) is 0.922. The Balaban J connectivity index is 3.25. The third-order valence-corrected chi connectivity index (χ3v) is 2.31. The average Bonchev–Trinajstić information content (AvgIpc) is 1.83. The van der Waals surface area contributed by atoms with Gasteiger partial charge in [-0.3, -0.25) is 0 Å². The predicted molar refractivity (Wildman–Crippen MR) is 38.2 cm³/mol. The first kappa shape index (κ1) is 6.66. The molecule has 0 saturated heterocycles.